The first-order chi connectivity index (χ1) is 12.7. The predicted octanol–water partition coefficient (Wildman–Crippen LogP) is 4.77. The zero-order valence-corrected chi connectivity index (χ0v) is 13.9. The molecule has 0 amide bonds. The summed E-state index contributed by atoms with van der Waals surface area (Å²) in [6.07, 6.45) is 2.38. The Morgan fingerprint density at radius 1 is 1.12 bits per heavy atom. The van der Waals surface area contributed by atoms with Crippen LogP contribution < -0.4 is 0 Å². The molecule has 0 saturated carbocycles. The average molecular weight is 346 g/mol. The number of hydrogen-bond donors (Lipinski definition) is 0. The third-order valence-corrected chi connectivity index (χ3v) is 4.08. The van der Waals surface area contributed by atoms with Crippen LogP contribution in [0.25, 0.3) is 16.8 Å². The van der Waals surface area contributed by atoms with Gasteiger partial charge in [-0.05, 0) is 30.7 Å². The molecular weight excluding hydrogens is 332 g/mol. The minimum Gasteiger partial charge on any atom is -0.278 e. The van der Waals surface area contributed by atoms with Crippen LogP contribution in [0.3, 0.4) is 0 Å². The minimum absolute atomic E-state index is 0.0196. The second-order valence-corrected chi connectivity index (χ2v) is 5.65. The summed E-state index contributed by atoms with van der Waals surface area (Å²) in [6, 6.07) is 13.8. The highest BCUT2D eigenvalue weighted by atomic mass is 16.6. The number of aromatic nitrogens is 3. The number of aryl methyl sites for hydroxylation is 1. The molecule has 0 N–H and O–H groups in total. The SMILES string of the molecule is CCc1c(N=Nc2ccc([N+](=O)[O-])cc2)cnc2nc3ccccc3n12. The van der Waals surface area contributed by atoms with Gasteiger partial charge in [-0.2, -0.15) is 5.11 Å². The molecule has 26 heavy (non-hydrogen) atoms. The standard InChI is InChI=1S/C18H14N6O2/c1-2-16-15(22-21-12-7-9-13(10-8-12)24(25)26)11-19-18-20-14-5-3-4-6-17(14)23(16)18/h3-11H,2H2,1H3. The van der Waals surface area contributed by atoms with E-state index in [2.05, 4.69) is 20.2 Å². The van der Waals surface area contributed by atoms with Gasteiger partial charge in [0, 0.05) is 12.1 Å². The van der Waals surface area contributed by atoms with Gasteiger partial charge in [0.1, 0.15) is 5.69 Å². The Labute approximate surface area is 148 Å². The number of para-hydroxylation sites is 2. The molecule has 8 heteroatoms. The molecule has 0 fully saturated rings. The lowest BCUT2D eigenvalue weighted by Gasteiger charge is -2.06. The molecule has 0 unspecified atom stereocenters. The molecule has 0 aliphatic heterocycles. The lowest BCUT2D eigenvalue weighted by Crippen LogP contribution is -1.97. The van der Waals surface area contributed by atoms with E-state index in [1.165, 1.54) is 12.1 Å². The van der Waals surface area contributed by atoms with E-state index in [1.54, 1.807) is 18.3 Å². The van der Waals surface area contributed by atoms with Crippen LogP contribution >= 0.6 is 0 Å². The van der Waals surface area contributed by atoms with Gasteiger partial charge in [-0.25, -0.2) is 9.97 Å². The van der Waals surface area contributed by atoms with E-state index in [1.807, 2.05) is 35.6 Å². The Morgan fingerprint density at radius 2 is 1.88 bits per heavy atom. The van der Waals surface area contributed by atoms with Gasteiger partial charge in [-0.15, -0.1) is 5.11 Å². The van der Waals surface area contributed by atoms with Crippen LogP contribution in [0.2, 0.25) is 0 Å². The number of nitro benzene ring substituents is 1. The normalized spacial score (nSPS) is 11.6. The Hall–Kier alpha value is -3.68. The number of nitrogens with zero attached hydrogens (tertiary/aromatic N) is 6. The quantitative estimate of drug-likeness (QED) is 0.302. The lowest BCUT2D eigenvalue weighted by atomic mass is 10.2. The first-order valence-electron chi connectivity index (χ1n) is 8.08. The summed E-state index contributed by atoms with van der Waals surface area (Å²) >= 11 is 0. The van der Waals surface area contributed by atoms with Gasteiger partial charge in [-0.1, -0.05) is 19.1 Å². The highest BCUT2D eigenvalue weighted by Crippen LogP contribution is 2.27. The summed E-state index contributed by atoms with van der Waals surface area (Å²) in [4.78, 5) is 19.2. The molecule has 0 aliphatic carbocycles. The van der Waals surface area contributed by atoms with Gasteiger partial charge >= 0.3 is 0 Å². The largest absolute Gasteiger partial charge is 0.278 e. The fourth-order valence-corrected chi connectivity index (χ4v) is 2.85. The van der Waals surface area contributed by atoms with Crippen LogP contribution in [-0.4, -0.2) is 19.3 Å². The van der Waals surface area contributed by atoms with Crippen molar-refractivity contribution in [1.82, 2.24) is 14.4 Å². The number of hydrogen-bond acceptors (Lipinski definition) is 6. The molecule has 4 rings (SSSR count). The van der Waals surface area contributed by atoms with Gasteiger partial charge in [0.25, 0.3) is 5.69 Å². The fourth-order valence-electron chi connectivity index (χ4n) is 2.85. The maximum Gasteiger partial charge on any atom is 0.269 e. The maximum atomic E-state index is 10.7. The minimum atomic E-state index is -0.446. The lowest BCUT2D eigenvalue weighted by molar-refractivity contribution is -0.384. The summed E-state index contributed by atoms with van der Waals surface area (Å²) in [6.45, 7) is 2.04. The van der Waals surface area contributed by atoms with E-state index in [0.717, 1.165) is 23.1 Å². The smallest absolute Gasteiger partial charge is 0.269 e. The summed E-state index contributed by atoms with van der Waals surface area (Å²) in [5.74, 6) is 0.623. The van der Waals surface area contributed by atoms with Crippen LogP contribution in [0.5, 0.6) is 0 Å². The molecule has 128 valence electrons. The van der Waals surface area contributed by atoms with Gasteiger partial charge in [0.15, 0.2) is 0 Å². The molecule has 0 bridgehead atoms. The van der Waals surface area contributed by atoms with E-state index in [4.69, 9.17) is 0 Å². The molecule has 8 nitrogen and oxygen atoms in total. The first-order valence-corrected chi connectivity index (χ1v) is 8.08. The van der Waals surface area contributed by atoms with Crippen LogP contribution in [0.1, 0.15) is 12.6 Å². The van der Waals surface area contributed by atoms with Crippen LogP contribution in [0, 0.1) is 10.1 Å². The molecule has 0 aliphatic rings. The average Bonchev–Trinajstić information content (AvgIpc) is 3.05. The number of benzene rings is 2. The topological polar surface area (TPSA) is 98.0 Å². The van der Waals surface area contributed by atoms with Crippen molar-refractivity contribution in [1.29, 1.82) is 0 Å². The van der Waals surface area contributed by atoms with E-state index >= 15 is 0 Å². The Kier molecular flexibility index (Phi) is 3.85. The Balaban J connectivity index is 1.78. The monoisotopic (exact) mass is 346 g/mol. The van der Waals surface area contributed by atoms with Crippen molar-refractivity contribution in [3.8, 4) is 0 Å². The number of fused-ring (bicyclic) bond motifs is 3. The maximum absolute atomic E-state index is 10.7. The predicted molar refractivity (Wildman–Crippen MR) is 97.1 cm³/mol. The van der Waals surface area contributed by atoms with Gasteiger partial charge < -0.3 is 0 Å². The zero-order chi connectivity index (χ0) is 18.1. The molecule has 0 atom stereocenters. The highest BCUT2D eigenvalue weighted by molar-refractivity contribution is 5.80. The number of imidazole rings is 1. The van der Waals surface area contributed by atoms with Crippen molar-refractivity contribution in [2.45, 2.75) is 13.3 Å². The van der Waals surface area contributed by atoms with Crippen molar-refractivity contribution < 1.29 is 4.92 Å². The molecule has 2 aromatic heterocycles. The van der Waals surface area contributed by atoms with Gasteiger partial charge in [-0.3, -0.25) is 14.5 Å². The second-order valence-electron chi connectivity index (χ2n) is 5.65. The van der Waals surface area contributed by atoms with Gasteiger partial charge in [0.05, 0.1) is 33.5 Å². The molecule has 0 saturated heterocycles. The molecular formula is C18H14N6O2. The molecule has 4 aromatic rings. The molecule has 2 heterocycles. The van der Waals surface area contributed by atoms with Crippen molar-refractivity contribution in [2.75, 3.05) is 0 Å². The molecule has 2 aromatic carbocycles. The van der Waals surface area contributed by atoms with Crippen molar-refractivity contribution >= 4 is 33.9 Å². The van der Waals surface area contributed by atoms with E-state index < -0.39 is 4.92 Å². The fraction of sp³-hybridized carbons (Fsp3) is 0.111. The number of non-ortho nitro benzene ring substituents is 1. The van der Waals surface area contributed by atoms with Crippen molar-refractivity contribution in [2.24, 2.45) is 10.2 Å². The Morgan fingerprint density at radius 3 is 2.62 bits per heavy atom. The Bertz CT molecular complexity index is 1150. The van der Waals surface area contributed by atoms with Crippen LogP contribution in [0.4, 0.5) is 17.1 Å². The number of rotatable bonds is 4. The summed E-state index contributed by atoms with van der Waals surface area (Å²) in [7, 11) is 0. The third-order valence-electron chi connectivity index (χ3n) is 4.08. The third kappa shape index (κ3) is 2.67. The summed E-state index contributed by atoms with van der Waals surface area (Å²) in [5.41, 5.74) is 3.99. The number of azo groups is 1. The highest BCUT2D eigenvalue weighted by Gasteiger charge is 2.12. The summed E-state index contributed by atoms with van der Waals surface area (Å²) in [5, 5.41) is 19.2. The van der Waals surface area contributed by atoms with Crippen LogP contribution in [0.15, 0.2) is 65.0 Å². The second kappa shape index (κ2) is 6.32. The summed E-state index contributed by atoms with van der Waals surface area (Å²) < 4.78 is 1.99. The zero-order valence-electron chi connectivity index (χ0n) is 13.9. The van der Waals surface area contributed by atoms with E-state index in [-0.39, 0.29) is 5.69 Å². The number of nitro groups is 1. The van der Waals surface area contributed by atoms with E-state index in [0.29, 0.717) is 17.2 Å². The first kappa shape index (κ1) is 15.8. The van der Waals surface area contributed by atoms with Crippen molar-refractivity contribution in [3.05, 3.63) is 70.5 Å². The van der Waals surface area contributed by atoms with Crippen LogP contribution in [-0.2, 0) is 6.42 Å². The molecule has 0 spiro atoms. The molecule has 0 radical (unpaired) electrons. The van der Waals surface area contributed by atoms with Crippen molar-refractivity contribution in [3.63, 3.8) is 0 Å². The van der Waals surface area contributed by atoms with Gasteiger partial charge in [0.2, 0.25) is 5.78 Å². The van der Waals surface area contributed by atoms with E-state index in [9.17, 15) is 10.1 Å².